The molecular weight excluding hydrogens is 377 g/mol. The van der Waals surface area contributed by atoms with Gasteiger partial charge in [0.2, 0.25) is 5.91 Å². The predicted molar refractivity (Wildman–Crippen MR) is 105 cm³/mol. The molecule has 1 aliphatic rings. The van der Waals surface area contributed by atoms with Crippen molar-refractivity contribution < 1.29 is 23.9 Å². The van der Waals surface area contributed by atoms with E-state index in [-0.39, 0.29) is 29.2 Å². The fourth-order valence-corrected chi connectivity index (χ4v) is 3.18. The molecule has 0 aromatic heterocycles. The topological polar surface area (TPSA) is 98.7 Å². The van der Waals surface area contributed by atoms with E-state index in [1.54, 1.807) is 17.0 Å². The maximum Gasteiger partial charge on any atom is 0.335 e. The van der Waals surface area contributed by atoms with Crippen molar-refractivity contribution >= 4 is 23.6 Å². The molecule has 0 bridgehead atoms. The van der Waals surface area contributed by atoms with Crippen molar-refractivity contribution in [3.8, 4) is 0 Å². The third-order valence-electron chi connectivity index (χ3n) is 4.91. The van der Waals surface area contributed by atoms with Crippen LogP contribution in [-0.2, 0) is 11.3 Å². The lowest BCUT2D eigenvalue weighted by Gasteiger charge is -2.31. The van der Waals surface area contributed by atoms with Crippen LogP contribution in [0, 0.1) is 11.7 Å². The SMILES string of the molecule is O=C(O)c1ccc(CNC(=O)N2CCC(C(=O)Nc3ccc(F)cc3)CC2)cc1. The Kier molecular flexibility index (Phi) is 6.43. The number of benzene rings is 2. The molecule has 2 aromatic rings. The number of hydrogen-bond donors (Lipinski definition) is 3. The van der Waals surface area contributed by atoms with Gasteiger partial charge in [-0.05, 0) is 54.8 Å². The molecular formula is C21H22FN3O4. The molecule has 152 valence electrons. The van der Waals surface area contributed by atoms with Gasteiger partial charge < -0.3 is 20.6 Å². The van der Waals surface area contributed by atoms with Gasteiger partial charge in [-0.25, -0.2) is 14.0 Å². The third-order valence-corrected chi connectivity index (χ3v) is 4.91. The average molecular weight is 399 g/mol. The summed E-state index contributed by atoms with van der Waals surface area (Å²) in [5.41, 5.74) is 1.54. The van der Waals surface area contributed by atoms with Crippen LogP contribution >= 0.6 is 0 Å². The molecule has 0 spiro atoms. The molecule has 1 saturated heterocycles. The minimum absolute atomic E-state index is 0.129. The standard InChI is InChI=1S/C21H22FN3O4/c22-17-5-7-18(8-6-17)24-19(26)15-9-11-25(12-10-15)21(29)23-13-14-1-3-16(4-2-14)20(27)28/h1-8,15H,9-13H2,(H,23,29)(H,24,26)(H,27,28). The average Bonchev–Trinajstić information content (AvgIpc) is 2.74. The van der Waals surface area contributed by atoms with E-state index in [2.05, 4.69) is 10.6 Å². The molecule has 0 saturated carbocycles. The zero-order valence-corrected chi connectivity index (χ0v) is 15.7. The molecule has 0 atom stereocenters. The van der Waals surface area contributed by atoms with Crippen LogP contribution in [0.1, 0.15) is 28.8 Å². The maximum absolute atomic E-state index is 12.9. The second-order valence-electron chi connectivity index (χ2n) is 6.92. The summed E-state index contributed by atoms with van der Waals surface area (Å²) >= 11 is 0. The molecule has 0 aliphatic carbocycles. The number of amides is 3. The van der Waals surface area contributed by atoms with Gasteiger partial charge in [0.15, 0.2) is 0 Å². The molecule has 3 rings (SSSR count). The Morgan fingerprint density at radius 1 is 1.00 bits per heavy atom. The van der Waals surface area contributed by atoms with E-state index < -0.39 is 5.97 Å². The number of halogens is 1. The van der Waals surface area contributed by atoms with E-state index in [1.807, 2.05) is 0 Å². The van der Waals surface area contributed by atoms with Crippen LogP contribution in [0.4, 0.5) is 14.9 Å². The van der Waals surface area contributed by atoms with Gasteiger partial charge in [0.25, 0.3) is 0 Å². The molecule has 3 amide bonds. The summed E-state index contributed by atoms with van der Waals surface area (Å²) in [6.07, 6.45) is 1.10. The molecule has 1 fully saturated rings. The maximum atomic E-state index is 12.9. The van der Waals surface area contributed by atoms with Gasteiger partial charge in [0, 0.05) is 31.2 Å². The molecule has 7 nitrogen and oxygen atoms in total. The largest absolute Gasteiger partial charge is 0.478 e. The Bertz CT molecular complexity index is 876. The first kappa shape index (κ1) is 20.3. The summed E-state index contributed by atoms with van der Waals surface area (Å²) in [6, 6.07) is 11.7. The first-order valence-electron chi connectivity index (χ1n) is 9.34. The van der Waals surface area contributed by atoms with Crippen molar-refractivity contribution in [2.24, 2.45) is 5.92 Å². The summed E-state index contributed by atoms with van der Waals surface area (Å²) in [6.45, 7) is 1.22. The smallest absolute Gasteiger partial charge is 0.335 e. The summed E-state index contributed by atoms with van der Waals surface area (Å²) in [7, 11) is 0. The number of carboxylic acid groups (broad SMARTS) is 1. The van der Waals surface area contributed by atoms with Gasteiger partial charge in [-0.15, -0.1) is 0 Å². The summed E-state index contributed by atoms with van der Waals surface area (Å²) in [4.78, 5) is 37.2. The third kappa shape index (κ3) is 5.54. The number of hydrogen-bond acceptors (Lipinski definition) is 3. The van der Waals surface area contributed by atoms with Gasteiger partial charge in [-0.2, -0.15) is 0 Å². The molecule has 2 aromatic carbocycles. The number of urea groups is 1. The van der Waals surface area contributed by atoms with Crippen LogP contribution in [0.5, 0.6) is 0 Å². The second kappa shape index (κ2) is 9.18. The van der Waals surface area contributed by atoms with Gasteiger partial charge in [0.1, 0.15) is 5.82 Å². The molecule has 1 aliphatic heterocycles. The van der Waals surface area contributed by atoms with Crippen LogP contribution < -0.4 is 10.6 Å². The zero-order valence-electron chi connectivity index (χ0n) is 15.7. The number of carbonyl (C=O) groups is 3. The van der Waals surface area contributed by atoms with E-state index in [0.29, 0.717) is 38.2 Å². The number of rotatable bonds is 5. The number of aromatic carboxylic acids is 1. The van der Waals surface area contributed by atoms with Crippen molar-refractivity contribution in [2.45, 2.75) is 19.4 Å². The van der Waals surface area contributed by atoms with Gasteiger partial charge in [0.05, 0.1) is 5.56 Å². The second-order valence-corrected chi connectivity index (χ2v) is 6.92. The van der Waals surface area contributed by atoms with Crippen molar-refractivity contribution in [3.63, 3.8) is 0 Å². The van der Waals surface area contributed by atoms with E-state index in [0.717, 1.165) is 5.56 Å². The van der Waals surface area contributed by atoms with Crippen LogP contribution in [-0.4, -0.2) is 41.0 Å². The first-order chi connectivity index (χ1) is 13.9. The van der Waals surface area contributed by atoms with Crippen LogP contribution in [0.25, 0.3) is 0 Å². The first-order valence-corrected chi connectivity index (χ1v) is 9.34. The molecule has 29 heavy (non-hydrogen) atoms. The highest BCUT2D eigenvalue weighted by molar-refractivity contribution is 5.92. The van der Waals surface area contributed by atoms with Gasteiger partial charge in [-0.3, -0.25) is 4.79 Å². The predicted octanol–water partition coefficient (Wildman–Crippen LogP) is 3.08. The highest BCUT2D eigenvalue weighted by Crippen LogP contribution is 2.20. The molecule has 8 heteroatoms. The monoisotopic (exact) mass is 399 g/mol. The van der Waals surface area contributed by atoms with Crippen molar-refractivity contribution in [2.75, 3.05) is 18.4 Å². The van der Waals surface area contributed by atoms with Crippen LogP contribution in [0.2, 0.25) is 0 Å². The van der Waals surface area contributed by atoms with Crippen molar-refractivity contribution in [1.29, 1.82) is 0 Å². The summed E-state index contributed by atoms with van der Waals surface area (Å²) in [5.74, 6) is -1.69. The van der Waals surface area contributed by atoms with Gasteiger partial charge in [-0.1, -0.05) is 12.1 Å². The Balaban J connectivity index is 1.43. The highest BCUT2D eigenvalue weighted by atomic mass is 19.1. The Labute approximate surface area is 167 Å². The molecule has 0 radical (unpaired) electrons. The van der Waals surface area contributed by atoms with E-state index in [9.17, 15) is 18.8 Å². The minimum Gasteiger partial charge on any atom is -0.478 e. The molecule has 0 unspecified atom stereocenters. The zero-order chi connectivity index (χ0) is 20.8. The Hall–Kier alpha value is -3.42. The van der Waals surface area contributed by atoms with E-state index in [4.69, 9.17) is 5.11 Å². The fourth-order valence-electron chi connectivity index (χ4n) is 3.18. The van der Waals surface area contributed by atoms with Crippen molar-refractivity contribution in [1.82, 2.24) is 10.2 Å². The lowest BCUT2D eigenvalue weighted by atomic mass is 9.96. The van der Waals surface area contributed by atoms with Crippen LogP contribution in [0.15, 0.2) is 48.5 Å². The number of nitrogens with zero attached hydrogens (tertiary/aromatic N) is 1. The normalized spacial score (nSPS) is 14.3. The Morgan fingerprint density at radius 3 is 2.21 bits per heavy atom. The van der Waals surface area contributed by atoms with Crippen molar-refractivity contribution in [3.05, 3.63) is 65.5 Å². The summed E-state index contributed by atoms with van der Waals surface area (Å²) in [5, 5.41) is 14.5. The quantitative estimate of drug-likeness (QED) is 0.720. The molecule has 3 N–H and O–H groups in total. The summed E-state index contributed by atoms with van der Waals surface area (Å²) < 4.78 is 12.9. The minimum atomic E-state index is -0.994. The number of likely N-dealkylation sites (tertiary alicyclic amines) is 1. The van der Waals surface area contributed by atoms with E-state index >= 15 is 0 Å². The number of piperidine rings is 1. The number of carboxylic acids is 1. The number of carbonyl (C=O) groups excluding carboxylic acids is 2. The van der Waals surface area contributed by atoms with E-state index in [1.165, 1.54) is 36.4 Å². The molecule has 1 heterocycles. The Morgan fingerprint density at radius 2 is 1.62 bits per heavy atom. The lowest BCUT2D eigenvalue weighted by molar-refractivity contribution is -0.121. The number of nitrogens with one attached hydrogen (secondary N) is 2. The highest BCUT2D eigenvalue weighted by Gasteiger charge is 2.27. The number of anilines is 1. The fraction of sp³-hybridized carbons (Fsp3) is 0.286. The lowest BCUT2D eigenvalue weighted by Crippen LogP contribution is -2.45. The van der Waals surface area contributed by atoms with Gasteiger partial charge >= 0.3 is 12.0 Å². The van der Waals surface area contributed by atoms with Crippen LogP contribution in [0.3, 0.4) is 0 Å².